The van der Waals surface area contributed by atoms with Crippen LogP contribution in [0.4, 0.5) is 0 Å². The number of nitrogens with one attached hydrogen (secondary N) is 1. The van der Waals surface area contributed by atoms with Crippen LogP contribution in [-0.2, 0) is 11.2 Å². The molecule has 0 aliphatic carbocycles. The average molecular weight is 364 g/mol. The molecule has 4 nitrogen and oxygen atoms in total. The lowest BCUT2D eigenvalue weighted by Crippen LogP contribution is -2.30. The van der Waals surface area contributed by atoms with Crippen LogP contribution < -0.4 is 10.1 Å². The molecule has 0 radical (unpaired) electrons. The fraction of sp³-hybridized carbons (Fsp3) is 0.167. The van der Waals surface area contributed by atoms with Gasteiger partial charge in [0.05, 0.1) is 5.02 Å². The Hall–Kier alpha value is -2.17. The van der Waals surface area contributed by atoms with Crippen molar-refractivity contribution in [1.82, 2.24) is 5.32 Å². The summed E-state index contributed by atoms with van der Waals surface area (Å²) in [7, 11) is 0. The quantitative estimate of drug-likeness (QED) is 0.702. The van der Waals surface area contributed by atoms with Gasteiger partial charge >= 0.3 is 0 Å². The molecular weight excluding hydrogens is 349 g/mol. The number of halogens is 2. The van der Waals surface area contributed by atoms with Crippen molar-refractivity contribution in [2.24, 2.45) is 0 Å². The number of ether oxygens (including phenoxy) is 1. The summed E-state index contributed by atoms with van der Waals surface area (Å²) < 4.78 is 11.1. The molecular formula is C18H15Cl2NO3. The standard InChI is InChI=1S/C18H15Cl2NO3/c19-13-5-6-17(15(20)10-13)23-11-18(22)21-8-7-14-9-12-3-1-2-4-16(12)24-14/h1-6,9-10H,7-8,11H2,(H,21,22). The minimum absolute atomic E-state index is 0.110. The Morgan fingerprint density at radius 1 is 1.12 bits per heavy atom. The van der Waals surface area contributed by atoms with E-state index in [1.165, 1.54) is 0 Å². The second-order valence-corrected chi connectivity index (χ2v) is 6.06. The molecule has 0 aliphatic heterocycles. The predicted molar refractivity (Wildman–Crippen MR) is 94.9 cm³/mol. The molecule has 0 atom stereocenters. The molecule has 1 N–H and O–H groups in total. The molecule has 0 saturated carbocycles. The first-order chi connectivity index (χ1) is 11.6. The molecule has 3 aromatic rings. The predicted octanol–water partition coefficient (Wildman–Crippen LogP) is 4.48. The van der Waals surface area contributed by atoms with Crippen molar-refractivity contribution in [3.63, 3.8) is 0 Å². The number of benzene rings is 2. The number of fused-ring (bicyclic) bond motifs is 1. The molecule has 0 spiro atoms. The van der Waals surface area contributed by atoms with Crippen molar-refractivity contribution in [3.8, 4) is 5.75 Å². The van der Waals surface area contributed by atoms with E-state index in [0.29, 0.717) is 28.8 Å². The maximum absolute atomic E-state index is 11.8. The van der Waals surface area contributed by atoms with E-state index in [9.17, 15) is 4.79 Å². The van der Waals surface area contributed by atoms with Crippen LogP contribution in [0.1, 0.15) is 5.76 Å². The second kappa shape index (κ2) is 7.60. The largest absolute Gasteiger partial charge is 0.482 e. The summed E-state index contributed by atoms with van der Waals surface area (Å²) in [4.78, 5) is 11.8. The Morgan fingerprint density at radius 3 is 2.75 bits per heavy atom. The zero-order chi connectivity index (χ0) is 16.9. The molecule has 6 heteroatoms. The third kappa shape index (κ3) is 4.22. The third-order valence-corrected chi connectivity index (χ3v) is 3.95. The van der Waals surface area contributed by atoms with Crippen LogP contribution in [-0.4, -0.2) is 19.1 Å². The van der Waals surface area contributed by atoms with Gasteiger partial charge in [-0.15, -0.1) is 0 Å². The number of para-hydroxylation sites is 1. The molecule has 0 bridgehead atoms. The number of rotatable bonds is 6. The molecule has 3 rings (SSSR count). The Bertz CT molecular complexity index is 827. The van der Waals surface area contributed by atoms with E-state index in [-0.39, 0.29) is 12.5 Å². The maximum atomic E-state index is 11.8. The van der Waals surface area contributed by atoms with Gasteiger partial charge in [0.2, 0.25) is 0 Å². The van der Waals surface area contributed by atoms with Crippen molar-refractivity contribution < 1.29 is 13.9 Å². The van der Waals surface area contributed by atoms with E-state index in [1.807, 2.05) is 30.3 Å². The van der Waals surface area contributed by atoms with Gasteiger partial charge in [-0.2, -0.15) is 0 Å². The molecule has 0 aliphatic rings. The SMILES string of the molecule is O=C(COc1ccc(Cl)cc1Cl)NCCc1cc2ccccc2o1. The number of hydrogen-bond acceptors (Lipinski definition) is 3. The molecule has 0 saturated heterocycles. The average Bonchev–Trinajstić information content (AvgIpc) is 2.96. The Balaban J connectivity index is 1.45. The highest BCUT2D eigenvalue weighted by Gasteiger charge is 2.07. The number of carbonyl (C=O) groups excluding carboxylic acids is 1. The lowest BCUT2D eigenvalue weighted by Gasteiger charge is -2.08. The highest BCUT2D eigenvalue weighted by Crippen LogP contribution is 2.27. The number of amides is 1. The molecule has 2 aromatic carbocycles. The highest BCUT2D eigenvalue weighted by molar-refractivity contribution is 6.35. The minimum atomic E-state index is -0.225. The van der Waals surface area contributed by atoms with Crippen molar-refractivity contribution in [2.75, 3.05) is 13.2 Å². The van der Waals surface area contributed by atoms with Gasteiger partial charge in [-0.1, -0.05) is 41.4 Å². The molecule has 24 heavy (non-hydrogen) atoms. The van der Waals surface area contributed by atoms with E-state index in [1.54, 1.807) is 18.2 Å². The van der Waals surface area contributed by atoms with Gasteiger partial charge in [0.15, 0.2) is 6.61 Å². The van der Waals surface area contributed by atoms with E-state index < -0.39 is 0 Å². The zero-order valence-corrected chi connectivity index (χ0v) is 14.2. The molecule has 1 aromatic heterocycles. The summed E-state index contributed by atoms with van der Waals surface area (Å²) in [5.41, 5.74) is 0.847. The van der Waals surface area contributed by atoms with Crippen LogP contribution in [0, 0.1) is 0 Å². The van der Waals surface area contributed by atoms with Gasteiger partial charge in [-0.3, -0.25) is 4.79 Å². The minimum Gasteiger partial charge on any atom is -0.482 e. The Morgan fingerprint density at radius 2 is 1.96 bits per heavy atom. The van der Waals surface area contributed by atoms with E-state index in [4.69, 9.17) is 32.4 Å². The van der Waals surface area contributed by atoms with Crippen molar-refractivity contribution in [3.05, 3.63) is 64.3 Å². The normalized spacial score (nSPS) is 10.8. The van der Waals surface area contributed by atoms with Gasteiger partial charge in [0.1, 0.15) is 17.1 Å². The molecule has 1 heterocycles. The fourth-order valence-corrected chi connectivity index (χ4v) is 2.73. The molecule has 1 amide bonds. The monoisotopic (exact) mass is 363 g/mol. The maximum Gasteiger partial charge on any atom is 0.257 e. The third-order valence-electron chi connectivity index (χ3n) is 3.42. The molecule has 0 unspecified atom stereocenters. The summed E-state index contributed by atoms with van der Waals surface area (Å²) in [6, 6.07) is 14.6. The molecule has 0 fully saturated rings. The highest BCUT2D eigenvalue weighted by atomic mass is 35.5. The van der Waals surface area contributed by atoms with Gasteiger partial charge in [-0.05, 0) is 30.3 Å². The van der Waals surface area contributed by atoms with Gasteiger partial charge in [0, 0.05) is 23.4 Å². The molecule has 124 valence electrons. The second-order valence-electron chi connectivity index (χ2n) is 5.21. The van der Waals surface area contributed by atoms with Gasteiger partial charge in [0.25, 0.3) is 5.91 Å². The first-order valence-electron chi connectivity index (χ1n) is 7.44. The Labute approximate surface area is 149 Å². The Kier molecular flexibility index (Phi) is 5.28. The van der Waals surface area contributed by atoms with E-state index >= 15 is 0 Å². The summed E-state index contributed by atoms with van der Waals surface area (Å²) >= 11 is 11.8. The first kappa shape index (κ1) is 16.7. The van der Waals surface area contributed by atoms with Crippen molar-refractivity contribution >= 4 is 40.1 Å². The number of furan rings is 1. The fourth-order valence-electron chi connectivity index (χ4n) is 2.27. The van der Waals surface area contributed by atoms with Gasteiger partial charge in [-0.25, -0.2) is 0 Å². The summed E-state index contributed by atoms with van der Waals surface area (Å²) in [6.07, 6.45) is 0.613. The summed E-state index contributed by atoms with van der Waals surface area (Å²) in [5, 5.41) is 4.73. The van der Waals surface area contributed by atoms with Crippen LogP contribution in [0.25, 0.3) is 11.0 Å². The van der Waals surface area contributed by atoms with Crippen LogP contribution >= 0.6 is 23.2 Å². The van der Waals surface area contributed by atoms with E-state index in [2.05, 4.69) is 5.32 Å². The number of hydrogen-bond donors (Lipinski definition) is 1. The van der Waals surface area contributed by atoms with Crippen LogP contribution in [0.5, 0.6) is 5.75 Å². The lowest BCUT2D eigenvalue weighted by atomic mass is 10.2. The zero-order valence-electron chi connectivity index (χ0n) is 12.7. The summed E-state index contributed by atoms with van der Waals surface area (Å²) in [6.45, 7) is 0.359. The van der Waals surface area contributed by atoms with Crippen molar-refractivity contribution in [2.45, 2.75) is 6.42 Å². The van der Waals surface area contributed by atoms with Gasteiger partial charge < -0.3 is 14.5 Å². The van der Waals surface area contributed by atoms with Crippen LogP contribution in [0.2, 0.25) is 10.0 Å². The topological polar surface area (TPSA) is 51.5 Å². The van der Waals surface area contributed by atoms with Crippen LogP contribution in [0.15, 0.2) is 52.9 Å². The smallest absolute Gasteiger partial charge is 0.257 e. The van der Waals surface area contributed by atoms with Crippen molar-refractivity contribution in [1.29, 1.82) is 0 Å². The van der Waals surface area contributed by atoms with Crippen LogP contribution in [0.3, 0.4) is 0 Å². The summed E-state index contributed by atoms with van der Waals surface area (Å²) in [5.74, 6) is 1.03. The first-order valence-corrected chi connectivity index (χ1v) is 8.19. The lowest BCUT2D eigenvalue weighted by molar-refractivity contribution is -0.123. The van der Waals surface area contributed by atoms with E-state index in [0.717, 1.165) is 16.7 Å². The number of carbonyl (C=O) groups is 1.